The van der Waals surface area contributed by atoms with E-state index in [2.05, 4.69) is 10.3 Å². The molecule has 0 amide bonds. The maximum Gasteiger partial charge on any atom is 0.339 e. The molecular weight excluding hydrogens is 208 g/mol. The first-order valence-electron chi connectivity index (χ1n) is 5.20. The summed E-state index contributed by atoms with van der Waals surface area (Å²) in [5.74, 6) is -0.995. The predicted octanol–water partition coefficient (Wildman–Crippen LogP) is 1.35. The Morgan fingerprint density at radius 2 is 2.38 bits per heavy atom. The molecule has 1 unspecified atom stereocenters. The Hall–Kier alpha value is -1.62. The summed E-state index contributed by atoms with van der Waals surface area (Å²) in [5, 5.41) is 20.7. The number of carbonyl (C=O) groups is 1. The lowest BCUT2D eigenvalue weighted by atomic mass is 10.1. The van der Waals surface area contributed by atoms with Gasteiger partial charge in [-0.3, -0.25) is 4.98 Å². The molecular formula is C11H16N2O3. The predicted molar refractivity (Wildman–Crippen MR) is 60.6 cm³/mol. The molecule has 0 bridgehead atoms. The van der Waals surface area contributed by atoms with Crippen LogP contribution in [-0.4, -0.2) is 33.8 Å². The lowest BCUT2D eigenvalue weighted by Gasteiger charge is -2.15. The third-order valence-corrected chi connectivity index (χ3v) is 2.25. The summed E-state index contributed by atoms with van der Waals surface area (Å²) in [6.45, 7) is 2.09. The van der Waals surface area contributed by atoms with E-state index in [1.54, 1.807) is 12.3 Å². The van der Waals surface area contributed by atoms with Gasteiger partial charge in [-0.2, -0.15) is 0 Å². The van der Waals surface area contributed by atoms with Crippen LogP contribution >= 0.6 is 0 Å². The molecule has 1 aromatic heterocycles. The van der Waals surface area contributed by atoms with Crippen molar-refractivity contribution in [3.8, 4) is 0 Å². The van der Waals surface area contributed by atoms with Gasteiger partial charge in [0.1, 0.15) is 5.56 Å². The number of anilines is 1. The molecule has 0 saturated heterocycles. The van der Waals surface area contributed by atoms with Gasteiger partial charge in [0.2, 0.25) is 0 Å². The van der Waals surface area contributed by atoms with Gasteiger partial charge in [-0.25, -0.2) is 4.79 Å². The summed E-state index contributed by atoms with van der Waals surface area (Å²) in [6.07, 6.45) is 4.36. The number of hydrogen-bond acceptors (Lipinski definition) is 4. The summed E-state index contributed by atoms with van der Waals surface area (Å²) in [6, 6.07) is 1.76. The van der Waals surface area contributed by atoms with E-state index in [9.17, 15) is 4.79 Å². The van der Waals surface area contributed by atoms with Crippen molar-refractivity contribution in [3.63, 3.8) is 0 Å². The lowest BCUT2D eigenvalue weighted by molar-refractivity contribution is 0.0697. The van der Waals surface area contributed by atoms with Crippen LogP contribution in [-0.2, 0) is 0 Å². The molecule has 0 fully saturated rings. The van der Waals surface area contributed by atoms with Gasteiger partial charge in [-0.15, -0.1) is 0 Å². The van der Waals surface area contributed by atoms with Crippen molar-refractivity contribution in [2.24, 2.45) is 0 Å². The maximum atomic E-state index is 10.9. The molecule has 0 aromatic carbocycles. The Bertz CT molecular complexity index is 355. The highest BCUT2D eigenvalue weighted by atomic mass is 16.4. The molecule has 1 atom stereocenters. The summed E-state index contributed by atoms with van der Waals surface area (Å²) >= 11 is 0. The molecule has 1 aromatic rings. The summed E-state index contributed by atoms with van der Waals surface area (Å²) < 4.78 is 0. The number of aliphatic hydroxyl groups excluding tert-OH is 1. The van der Waals surface area contributed by atoms with Crippen molar-refractivity contribution in [3.05, 3.63) is 24.0 Å². The van der Waals surface area contributed by atoms with Crippen LogP contribution in [0.2, 0.25) is 0 Å². The number of hydrogen-bond donors (Lipinski definition) is 3. The number of aliphatic hydroxyl groups is 1. The molecule has 88 valence electrons. The van der Waals surface area contributed by atoms with Crippen LogP contribution in [0.4, 0.5) is 5.69 Å². The Balaban J connectivity index is 2.69. The smallest absolute Gasteiger partial charge is 0.339 e. The van der Waals surface area contributed by atoms with Crippen LogP contribution in [0.25, 0.3) is 0 Å². The minimum Gasteiger partial charge on any atom is -0.478 e. The molecule has 5 nitrogen and oxygen atoms in total. The fourth-order valence-corrected chi connectivity index (χ4v) is 1.43. The second-order valence-corrected chi connectivity index (χ2v) is 3.64. The standard InChI is InChI=1S/C11H16N2O3/c1-8(3-2-6-14)13-10-4-5-12-7-9(10)11(15)16/h4-5,7-8,14H,2-3,6H2,1H3,(H,12,13)(H,15,16). The van der Waals surface area contributed by atoms with Gasteiger partial charge in [-0.05, 0) is 25.8 Å². The van der Waals surface area contributed by atoms with Crippen LogP contribution in [0, 0.1) is 0 Å². The minimum atomic E-state index is -0.995. The zero-order valence-electron chi connectivity index (χ0n) is 9.18. The normalized spacial score (nSPS) is 12.1. The topological polar surface area (TPSA) is 82.5 Å². The van der Waals surface area contributed by atoms with Gasteiger partial charge in [0, 0.05) is 25.0 Å². The van der Waals surface area contributed by atoms with Crippen molar-refractivity contribution >= 4 is 11.7 Å². The van der Waals surface area contributed by atoms with E-state index >= 15 is 0 Å². The monoisotopic (exact) mass is 224 g/mol. The maximum absolute atomic E-state index is 10.9. The average Bonchev–Trinajstić information content (AvgIpc) is 2.27. The minimum absolute atomic E-state index is 0.118. The van der Waals surface area contributed by atoms with E-state index < -0.39 is 5.97 Å². The number of aromatic carboxylic acids is 1. The molecule has 0 aliphatic heterocycles. The second-order valence-electron chi connectivity index (χ2n) is 3.64. The Kier molecular flexibility index (Phi) is 4.72. The molecule has 3 N–H and O–H groups in total. The molecule has 1 rings (SSSR count). The van der Waals surface area contributed by atoms with Crippen molar-refractivity contribution in [1.82, 2.24) is 4.98 Å². The van der Waals surface area contributed by atoms with Crippen molar-refractivity contribution in [1.29, 1.82) is 0 Å². The second kappa shape index (κ2) is 6.07. The van der Waals surface area contributed by atoms with Gasteiger partial charge in [0.15, 0.2) is 0 Å². The molecule has 0 aliphatic rings. The van der Waals surface area contributed by atoms with Gasteiger partial charge in [0.25, 0.3) is 0 Å². The molecule has 0 saturated carbocycles. The third-order valence-electron chi connectivity index (χ3n) is 2.25. The van der Waals surface area contributed by atoms with E-state index in [1.807, 2.05) is 6.92 Å². The van der Waals surface area contributed by atoms with Crippen LogP contribution in [0.3, 0.4) is 0 Å². The molecule has 1 heterocycles. The van der Waals surface area contributed by atoms with Crippen molar-refractivity contribution < 1.29 is 15.0 Å². The molecule has 5 heteroatoms. The highest BCUT2D eigenvalue weighted by Crippen LogP contribution is 2.15. The van der Waals surface area contributed by atoms with E-state index in [0.29, 0.717) is 12.1 Å². The number of aromatic nitrogens is 1. The first-order chi connectivity index (χ1) is 7.65. The first kappa shape index (κ1) is 12.4. The summed E-state index contributed by atoms with van der Waals surface area (Å²) in [4.78, 5) is 14.7. The number of carboxylic acid groups (broad SMARTS) is 1. The van der Waals surface area contributed by atoms with Crippen molar-refractivity contribution in [2.75, 3.05) is 11.9 Å². The number of pyridine rings is 1. The third kappa shape index (κ3) is 3.51. The Labute approximate surface area is 94.1 Å². The lowest BCUT2D eigenvalue weighted by Crippen LogP contribution is -2.17. The highest BCUT2D eigenvalue weighted by Gasteiger charge is 2.11. The SMILES string of the molecule is CC(CCCO)Nc1ccncc1C(=O)O. The zero-order valence-corrected chi connectivity index (χ0v) is 9.18. The van der Waals surface area contributed by atoms with Gasteiger partial charge < -0.3 is 15.5 Å². The van der Waals surface area contributed by atoms with Crippen LogP contribution in [0.15, 0.2) is 18.5 Å². The number of nitrogens with zero attached hydrogens (tertiary/aromatic N) is 1. The van der Waals surface area contributed by atoms with E-state index in [4.69, 9.17) is 10.2 Å². The van der Waals surface area contributed by atoms with Crippen molar-refractivity contribution in [2.45, 2.75) is 25.8 Å². The molecule has 0 aliphatic carbocycles. The number of nitrogens with one attached hydrogen (secondary N) is 1. The van der Waals surface area contributed by atoms with E-state index in [1.165, 1.54) is 6.20 Å². The zero-order chi connectivity index (χ0) is 12.0. The number of carboxylic acids is 1. The Morgan fingerprint density at radius 1 is 1.62 bits per heavy atom. The largest absolute Gasteiger partial charge is 0.478 e. The molecule has 0 radical (unpaired) electrons. The van der Waals surface area contributed by atoms with Gasteiger partial charge in [-0.1, -0.05) is 0 Å². The Morgan fingerprint density at radius 3 is 3.00 bits per heavy atom. The van der Waals surface area contributed by atoms with Gasteiger partial charge >= 0.3 is 5.97 Å². The van der Waals surface area contributed by atoms with E-state index in [-0.39, 0.29) is 18.2 Å². The summed E-state index contributed by atoms with van der Waals surface area (Å²) in [5.41, 5.74) is 0.728. The molecule has 0 spiro atoms. The number of rotatable bonds is 6. The first-order valence-corrected chi connectivity index (χ1v) is 5.20. The van der Waals surface area contributed by atoms with Crippen LogP contribution in [0.1, 0.15) is 30.1 Å². The summed E-state index contributed by atoms with van der Waals surface area (Å²) in [7, 11) is 0. The van der Waals surface area contributed by atoms with Crippen LogP contribution < -0.4 is 5.32 Å². The molecule has 16 heavy (non-hydrogen) atoms. The highest BCUT2D eigenvalue weighted by molar-refractivity contribution is 5.93. The fraction of sp³-hybridized carbons (Fsp3) is 0.455. The fourth-order valence-electron chi connectivity index (χ4n) is 1.43. The average molecular weight is 224 g/mol. The quantitative estimate of drug-likeness (QED) is 0.679. The van der Waals surface area contributed by atoms with Gasteiger partial charge in [0.05, 0.1) is 5.69 Å². The van der Waals surface area contributed by atoms with E-state index in [0.717, 1.165) is 6.42 Å². The van der Waals surface area contributed by atoms with Crippen LogP contribution in [0.5, 0.6) is 0 Å².